The van der Waals surface area contributed by atoms with Crippen molar-refractivity contribution < 1.29 is 14.0 Å². The second-order valence-electron chi connectivity index (χ2n) is 4.95. The number of anilines is 1. The molecule has 0 bridgehead atoms. The van der Waals surface area contributed by atoms with Gasteiger partial charge in [-0.1, -0.05) is 17.7 Å². The van der Waals surface area contributed by atoms with Gasteiger partial charge in [-0.3, -0.25) is 9.59 Å². The number of nitrogens with zero attached hydrogens (tertiary/aromatic N) is 1. The zero-order chi connectivity index (χ0) is 13.4. The number of benzene rings is 1. The molecule has 1 aromatic rings. The van der Waals surface area contributed by atoms with Gasteiger partial charge in [-0.15, -0.1) is 0 Å². The molecule has 4 heteroatoms. The van der Waals surface area contributed by atoms with E-state index in [9.17, 15) is 14.0 Å². The molecule has 3 nitrogen and oxygen atoms in total. The van der Waals surface area contributed by atoms with Gasteiger partial charge in [0, 0.05) is 12.0 Å². The number of amides is 2. The number of para-hydroxylation sites is 1. The lowest BCUT2D eigenvalue weighted by Crippen LogP contribution is -2.43. The zero-order valence-corrected chi connectivity index (χ0v) is 10.5. The Bertz CT molecular complexity index is 592. The fourth-order valence-electron chi connectivity index (χ4n) is 2.81. The molecular formula is C15H14FNO2. The number of rotatable bonds is 1. The molecule has 0 saturated heterocycles. The minimum atomic E-state index is -0.538. The van der Waals surface area contributed by atoms with Crippen LogP contribution in [0.5, 0.6) is 0 Å². The van der Waals surface area contributed by atoms with Gasteiger partial charge in [-0.2, -0.15) is 0 Å². The lowest BCUT2D eigenvalue weighted by atomic mass is 9.86. The SMILES string of the molecule is O=C1CC2=C(CCCC2)C(=O)N1c1ccccc1F. The Morgan fingerprint density at radius 1 is 1.05 bits per heavy atom. The van der Waals surface area contributed by atoms with Gasteiger partial charge in [0.25, 0.3) is 5.91 Å². The highest BCUT2D eigenvalue weighted by Gasteiger charge is 2.35. The van der Waals surface area contributed by atoms with Crippen molar-refractivity contribution in [1.82, 2.24) is 0 Å². The van der Waals surface area contributed by atoms with E-state index in [1.165, 1.54) is 12.1 Å². The summed E-state index contributed by atoms with van der Waals surface area (Å²) in [4.78, 5) is 25.5. The van der Waals surface area contributed by atoms with Gasteiger partial charge in [0.1, 0.15) is 5.82 Å². The van der Waals surface area contributed by atoms with Crippen LogP contribution in [-0.2, 0) is 9.59 Å². The van der Waals surface area contributed by atoms with E-state index in [0.29, 0.717) is 12.0 Å². The van der Waals surface area contributed by atoms with E-state index in [-0.39, 0.29) is 23.9 Å². The third-order valence-corrected chi connectivity index (χ3v) is 3.75. The van der Waals surface area contributed by atoms with Crippen molar-refractivity contribution in [3.63, 3.8) is 0 Å². The molecule has 19 heavy (non-hydrogen) atoms. The molecule has 0 spiro atoms. The fraction of sp³-hybridized carbons (Fsp3) is 0.333. The van der Waals surface area contributed by atoms with E-state index >= 15 is 0 Å². The normalized spacial score (nSPS) is 19.7. The monoisotopic (exact) mass is 259 g/mol. The summed E-state index contributed by atoms with van der Waals surface area (Å²) in [5.74, 6) is -1.20. The molecule has 0 fully saturated rings. The van der Waals surface area contributed by atoms with Crippen LogP contribution in [0.25, 0.3) is 0 Å². The van der Waals surface area contributed by atoms with Gasteiger partial charge in [0.15, 0.2) is 0 Å². The summed E-state index contributed by atoms with van der Waals surface area (Å²) < 4.78 is 13.8. The van der Waals surface area contributed by atoms with E-state index in [1.54, 1.807) is 12.1 Å². The number of hydrogen-bond donors (Lipinski definition) is 0. The van der Waals surface area contributed by atoms with Crippen molar-refractivity contribution >= 4 is 17.5 Å². The first kappa shape index (κ1) is 12.1. The molecule has 3 rings (SSSR count). The smallest absolute Gasteiger partial charge is 0.261 e. The molecule has 1 heterocycles. The minimum Gasteiger partial charge on any atom is -0.274 e. The third-order valence-electron chi connectivity index (χ3n) is 3.75. The molecule has 0 aromatic heterocycles. The number of halogens is 1. The van der Waals surface area contributed by atoms with E-state index in [4.69, 9.17) is 0 Å². The van der Waals surface area contributed by atoms with Gasteiger partial charge >= 0.3 is 0 Å². The highest BCUT2D eigenvalue weighted by Crippen LogP contribution is 2.35. The Labute approximate surface area is 110 Å². The number of carbonyl (C=O) groups is 2. The molecule has 2 aliphatic rings. The Morgan fingerprint density at radius 3 is 2.58 bits per heavy atom. The van der Waals surface area contributed by atoms with Gasteiger partial charge in [-0.05, 0) is 37.8 Å². The lowest BCUT2D eigenvalue weighted by molar-refractivity contribution is -0.125. The van der Waals surface area contributed by atoms with Gasteiger partial charge in [0.2, 0.25) is 5.91 Å². The fourth-order valence-corrected chi connectivity index (χ4v) is 2.81. The Morgan fingerprint density at radius 2 is 1.79 bits per heavy atom. The van der Waals surface area contributed by atoms with Crippen molar-refractivity contribution in [2.45, 2.75) is 32.1 Å². The van der Waals surface area contributed by atoms with E-state index < -0.39 is 5.82 Å². The highest BCUT2D eigenvalue weighted by atomic mass is 19.1. The number of hydrogen-bond acceptors (Lipinski definition) is 2. The topological polar surface area (TPSA) is 37.4 Å². The molecule has 0 unspecified atom stereocenters. The maximum Gasteiger partial charge on any atom is 0.261 e. The van der Waals surface area contributed by atoms with Crippen LogP contribution in [0.3, 0.4) is 0 Å². The summed E-state index contributed by atoms with van der Waals surface area (Å²) in [5, 5.41) is 0. The zero-order valence-electron chi connectivity index (χ0n) is 10.5. The summed E-state index contributed by atoms with van der Waals surface area (Å²) in [7, 11) is 0. The summed E-state index contributed by atoms with van der Waals surface area (Å²) in [6, 6.07) is 5.91. The predicted octanol–water partition coefficient (Wildman–Crippen LogP) is 2.96. The summed E-state index contributed by atoms with van der Waals surface area (Å²) in [6.07, 6.45) is 3.75. The van der Waals surface area contributed by atoms with Crippen LogP contribution < -0.4 is 4.90 Å². The lowest BCUT2D eigenvalue weighted by Gasteiger charge is -2.31. The van der Waals surface area contributed by atoms with Crippen LogP contribution in [0.15, 0.2) is 35.4 Å². The van der Waals surface area contributed by atoms with Crippen molar-refractivity contribution in [3.8, 4) is 0 Å². The first-order valence-electron chi connectivity index (χ1n) is 6.51. The Kier molecular flexibility index (Phi) is 2.93. The van der Waals surface area contributed by atoms with Crippen LogP contribution in [0.2, 0.25) is 0 Å². The maximum absolute atomic E-state index is 13.8. The van der Waals surface area contributed by atoms with Gasteiger partial charge in [-0.25, -0.2) is 9.29 Å². The second-order valence-corrected chi connectivity index (χ2v) is 4.95. The largest absolute Gasteiger partial charge is 0.274 e. The summed E-state index contributed by atoms with van der Waals surface area (Å²) >= 11 is 0. The van der Waals surface area contributed by atoms with Gasteiger partial charge in [0.05, 0.1) is 5.69 Å². The molecule has 98 valence electrons. The molecule has 0 atom stereocenters. The molecule has 2 amide bonds. The maximum atomic E-state index is 13.8. The summed E-state index contributed by atoms with van der Waals surface area (Å²) in [6.45, 7) is 0. The van der Waals surface area contributed by atoms with E-state index in [1.807, 2.05) is 0 Å². The quantitative estimate of drug-likeness (QED) is 0.727. The molecular weight excluding hydrogens is 245 g/mol. The van der Waals surface area contributed by atoms with Crippen molar-refractivity contribution in [2.75, 3.05) is 4.90 Å². The van der Waals surface area contributed by atoms with Crippen LogP contribution in [-0.4, -0.2) is 11.8 Å². The van der Waals surface area contributed by atoms with Crippen molar-refractivity contribution in [2.24, 2.45) is 0 Å². The molecule has 0 saturated carbocycles. The molecule has 1 aromatic carbocycles. The van der Waals surface area contributed by atoms with E-state index in [2.05, 4.69) is 0 Å². The molecule has 0 radical (unpaired) electrons. The standard InChI is InChI=1S/C15H14FNO2/c16-12-7-3-4-8-13(12)17-14(18)9-10-5-1-2-6-11(10)15(17)19/h3-4,7-8H,1-2,5-6,9H2. The first-order valence-corrected chi connectivity index (χ1v) is 6.51. The second kappa shape index (κ2) is 4.61. The van der Waals surface area contributed by atoms with Crippen molar-refractivity contribution in [3.05, 3.63) is 41.2 Å². The average molecular weight is 259 g/mol. The number of carbonyl (C=O) groups excluding carboxylic acids is 2. The van der Waals surface area contributed by atoms with E-state index in [0.717, 1.165) is 29.7 Å². The molecule has 1 aliphatic heterocycles. The van der Waals surface area contributed by atoms with Crippen LogP contribution in [0.1, 0.15) is 32.1 Å². The van der Waals surface area contributed by atoms with Crippen LogP contribution >= 0.6 is 0 Å². The Hall–Kier alpha value is -1.97. The first-order chi connectivity index (χ1) is 9.18. The molecule has 0 N–H and O–H groups in total. The third kappa shape index (κ3) is 1.97. The number of imide groups is 1. The van der Waals surface area contributed by atoms with Crippen molar-refractivity contribution in [1.29, 1.82) is 0 Å². The highest BCUT2D eigenvalue weighted by molar-refractivity contribution is 6.24. The minimum absolute atomic E-state index is 0.0645. The average Bonchev–Trinajstić information content (AvgIpc) is 2.41. The Balaban J connectivity index is 2.04. The van der Waals surface area contributed by atoms with Crippen LogP contribution in [0.4, 0.5) is 10.1 Å². The van der Waals surface area contributed by atoms with Crippen LogP contribution in [0, 0.1) is 5.82 Å². The predicted molar refractivity (Wildman–Crippen MR) is 69.0 cm³/mol. The summed E-state index contributed by atoms with van der Waals surface area (Å²) in [5.41, 5.74) is 1.73. The molecule has 1 aliphatic carbocycles. The van der Waals surface area contributed by atoms with Gasteiger partial charge < -0.3 is 0 Å².